The first-order valence-electron chi connectivity index (χ1n) is 8.34. The Morgan fingerprint density at radius 1 is 1.16 bits per heavy atom. The van der Waals surface area contributed by atoms with Gasteiger partial charge in [0.05, 0.1) is 16.4 Å². The molecule has 2 heterocycles. The molecular weight excluding hydrogens is 331 g/mol. The van der Waals surface area contributed by atoms with E-state index in [1.165, 1.54) is 13.0 Å². The molecule has 0 radical (unpaired) electrons. The number of nitrogens with one attached hydrogen (secondary N) is 1. The Morgan fingerprint density at radius 2 is 1.92 bits per heavy atom. The monoisotopic (exact) mass is 352 g/mol. The zero-order chi connectivity index (χ0) is 17.8. The molecule has 4 heteroatoms. The van der Waals surface area contributed by atoms with E-state index in [1.807, 2.05) is 31.2 Å². The second-order valence-electron chi connectivity index (χ2n) is 5.89. The van der Waals surface area contributed by atoms with Crippen LogP contribution in [0.5, 0.6) is 0 Å². The predicted octanol–water partition coefficient (Wildman–Crippen LogP) is 6.78. The zero-order valence-corrected chi connectivity index (χ0v) is 15.5. The highest BCUT2D eigenvalue weighted by Gasteiger charge is 2.13. The molecule has 0 saturated carbocycles. The van der Waals surface area contributed by atoms with Crippen LogP contribution in [0.25, 0.3) is 27.5 Å². The number of allylic oxidation sites excluding steroid dienone is 4. The van der Waals surface area contributed by atoms with Crippen molar-refractivity contribution in [2.75, 3.05) is 0 Å². The first-order valence-corrected chi connectivity index (χ1v) is 9.15. The molecule has 0 spiro atoms. The van der Waals surface area contributed by atoms with Gasteiger partial charge < -0.3 is 4.98 Å². The van der Waals surface area contributed by atoms with E-state index in [4.69, 9.17) is 4.98 Å². The third-order valence-electron chi connectivity index (χ3n) is 3.98. The van der Waals surface area contributed by atoms with Crippen molar-refractivity contribution in [3.05, 3.63) is 71.0 Å². The summed E-state index contributed by atoms with van der Waals surface area (Å²) in [5, 5.41) is 0. The second-order valence-corrected chi connectivity index (χ2v) is 6.97. The van der Waals surface area contributed by atoms with E-state index in [9.17, 15) is 4.39 Å². The number of nitrogens with zero attached hydrogens (tertiary/aromatic N) is 1. The van der Waals surface area contributed by atoms with Gasteiger partial charge in [-0.05, 0) is 44.1 Å². The van der Waals surface area contributed by atoms with Crippen LogP contribution >= 0.6 is 11.3 Å². The fourth-order valence-corrected chi connectivity index (χ4v) is 3.73. The van der Waals surface area contributed by atoms with Gasteiger partial charge in [0.25, 0.3) is 0 Å². The Hall–Kier alpha value is -2.46. The molecule has 0 aliphatic heterocycles. The number of aromatic amines is 1. The fraction of sp³-hybridized carbons (Fsp3) is 0.190. The van der Waals surface area contributed by atoms with Crippen LogP contribution in [0.1, 0.15) is 30.8 Å². The SMILES string of the molecule is CC/C(=C\C=C(/C)F)c1ccc(-c2nc(-c3ccccc3)c(C)[nH]2)s1. The van der Waals surface area contributed by atoms with Gasteiger partial charge in [0.2, 0.25) is 0 Å². The van der Waals surface area contributed by atoms with E-state index in [2.05, 4.69) is 36.2 Å². The minimum absolute atomic E-state index is 0.183. The smallest absolute Gasteiger partial charge is 0.148 e. The number of halogens is 1. The van der Waals surface area contributed by atoms with E-state index in [-0.39, 0.29) is 5.83 Å². The molecule has 0 bridgehead atoms. The van der Waals surface area contributed by atoms with Crippen LogP contribution in [0.4, 0.5) is 4.39 Å². The highest BCUT2D eigenvalue weighted by Crippen LogP contribution is 2.33. The topological polar surface area (TPSA) is 28.7 Å². The molecule has 25 heavy (non-hydrogen) atoms. The van der Waals surface area contributed by atoms with Crippen molar-refractivity contribution in [2.24, 2.45) is 0 Å². The van der Waals surface area contributed by atoms with E-state index < -0.39 is 0 Å². The minimum Gasteiger partial charge on any atom is -0.341 e. The highest BCUT2D eigenvalue weighted by atomic mass is 32.1. The maximum atomic E-state index is 13.0. The van der Waals surface area contributed by atoms with Gasteiger partial charge in [0.1, 0.15) is 5.82 Å². The molecule has 1 N–H and O–H groups in total. The van der Waals surface area contributed by atoms with Crippen molar-refractivity contribution < 1.29 is 4.39 Å². The van der Waals surface area contributed by atoms with Gasteiger partial charge >= 0.3 is 0 Å². The van der Waals surface area contributed by atoms with Crippen molar-refractivity contribution in [1.29, 1.82) is 0 Å². The van der Waals surface area contributed by atoms with Crippen LogP contribution in [0.3, 0.4) is 0 Å². The van der Waals surface area contributed by atoms with Gasteiger partial charge in [-0.25, -0.2) is 9.37 Å². The summed E-state index contributed by atoms with van der Waals surface area (Å²) >= 11 is 1.67. The van der Waals surface area contributed by atoms with Gasteiger partial charge in [-0.1, -0.05) is 43.3 Å². The molecule has 0 fully saturated rings. The third kappa shape index (κ3) is 3.97. The van der Waals surface area contributed by atoms with Crippen molar-refractivity contribution in [3.8, 4) is 22.0 Å². The summed E-state index contributed by atoms with van der Waals surface area (Å²) in [5.74, 6) is 0.692. The van der Waals surface area contributed by atoms with Gasteiger partial charge in [-0.3, -0.25) is 0 Å². The lowest BCUT2D eigenvalue weighted by Gasteiger charge is -1.99. The molecule has 2 nitrogen and oxygen atoms in total. The lowest BCUT2D eigenvalue weighted by Crippen LogP contribution is -1.79. The molecule has 0 amide bonds. The number of rotatable bonds is 5. The quantitative estimate of drug-likeness (QED) is 0.504. The van der Waals surface area contributed by atoms with Crippen LogP contribution in [0.2, 0.25) is 0 Å². The number of imidazole rings is 1. The van der Waals surface area contributed by atoms with Crippen molar-refractivity contribution in [3.63, 3.8) is 0 Å². The molecule has 0 atom stereocenters. The maximum absolute atomic E-state index is 13.0. The van der Waals surface area contributed by atoms with E-state index in [0.29, 0.717) is 0 Å². The molecule has 0 aliphatic rings. The zero-order valence-electron chi connectivity index (χ0n) is 14.6. The Bertz CT molecular complexity index is 913. The Morgan fingerprint density at radius 3 is 2.60 bits per heavy atom. The number of hydrogen-bond donors (Lipinski definition) is 1. The van der Waals surface area contributed by atoms with Crippen LogP contribution < -0.4 is 0 Å². The maximum Gasteiger partial charge on any atom is 0.148 e. The molecule has 128 valence electrons. The van der Waals surface area contributed by atoms with Crippen LogP contribution in [0.15, 0.2) is 60.4 Å². The normalized spacial score (nSPS) is 12.6. The predicted molar refractivity (Wildman–Crippen MR) is 105 cm³/mol. The third-order valence-corrected chi connectivity index (χ3v) is 5.15. The van der Waals surface area contributed by atoms with Crippen molar-refractivity contribution >= 4 is 16.9 Å². The van der Waals surface area contributed by atoms with E-state index in [0.717, 1.165) is 44.5 Å². The molecule has 0 aliphatic carbocycles. The minimum atomic E-state index is -0.183. The Kier molecular flexibility index (Phi) is 5.29. The average molecular weight is 352 g/mol. The standard InChI is InChI=1S/C21H21FN2S/c1-4-16(11-10-14(2)22)18-12-13-19(25-18)21-23-15(3)20(24-21)17-8-6-5-7-9-17/h5-13H,4H2,1-3H3,(H,23,24)/b14-10+,16-11+. The summed E-state index contributed by atoms with van der Waals surface area (Å²) in [6.07, 6.45) is 4.23. The summed E-state index contributed by atoms with van der Waals surface area (Å²) in [7, 11) is 0. The second kappa shape index (κ2) is 7.62. The molecule has 0 unspecified atom stereocenters. The van der Waals surface area contributed by atoms with Gasteiger partial charge in [0.15, 0.2) is 0 Å². The van der Waals surface area contributed by atoms with Crippen LogP contribution in [0, 0.1) is 6.92 Å². The molecule has 0 saturated heterocycles. The van der Waals surface area contributed by atoms with Gasteiger partial charge in [0, 0.05) is 16.1 Å². The van der Waals surface area contributed by atoms with E-state index in [1.54, 1.807) is 11.3 Å². The summed E-state index contributed by atoms with van der Waals surface area (Å²) in [4.78, 5) is 10.4. The number of aromatic nitrogens is 2. The fourth-order valence-electron chi connectivity index (χ4n) is 2.68. The van der Waals surface area contributed by atoms with Crippen LogP contribution in [-0.4, -0.2) is 9.97 Å². The van der Waals surface area contributed by atoms with Crippen molar-refractivity contribution in [2.45, 2.75) is 27.2 Å². The van der Waals surface area contributed by atoms with Crippen molar-refractivity contribution in [1.82, 2.24) is 9.97 Å². The van der Waals surface area contributed by atoms with E-state index >= 15 is 0 Å². The number of hydrogen-bond acceptors (Lipinski definition) is 2. The Balaban J connectivity index is 1.93. The lowest BCUT2D eigenvalue weighted by atomic mass is 10.1. The van der Waals surface area contributed by atoms with Gasteiger partial charge in [-0.2, -0.15) is 0 Å². The molecular formula is C21H21FN2S. The summed E-state index contributed by atoms with van der Waals surface area (Å²) in [6, 6.07) is 14.3. The average Bonchev–Trinajstić information content (AvgIpc) is 3.23. The molecule has 2 aromatic heterocycles. The van der Waals surface area contributed by atoms with Gasteiger partial charge in [-0.15, -0.1) is 11.3 Å². The summed E-state index contributed by atoms with van der Waals surface area (Å²) in [6.45, 7) is 5.58. The first kappa shape index (κ1) is 17.4. The first-order chi connectivity index (χ1) is 12.1. The highest BCUT2D eigenvalue weighted by molar-refractivity contribution is 7.16. The largest absolute Gasteiger partial charge is 0.341 e. The number of aryl methyl sites for hydroxylation is 1. The lowest BCUT2D eigenvalue weighted by molar-refractivity contribution is 0.640. The Labute approximate surface area is 151 Å². The number of thiophene rings is 1. The molecule has 3 rings (SSSR count). The number of benzene rings is 1. The summed E-state index contributed by atoms with van der Waals surface area (Å²) in [5.41, 5.74) is 4.27. The molecule has 1 aromatic carbocycles. The number of H-pyrrole nitrogens is 1. The molecule has 3 aromatic rings. The summed E-state index contributed by atoms with van der Waals surface area (Å²) < 4.78 is 13.0. The van der Waals surface area contributed by atoms with Crippen LogP contribution in [-0.2, 0) is 0 Å².